The van der Waals surface area contributed by atoms with Gasteiger partial charge in [-0.15, -0.1) is 0 Å². The molecule has 1 amide bonds. The number of aromatic nitrogens is 3. The summed E-state index contributed by atoms with van der Waals surface area (Å²) < 4.78 is 4.98. The summed E-state index contributed by atoms with van der Waals surface area (Å²) in [5.41, 5.74) is 2.32. The lowest BCUT2D eigenvalue weighted by Gasteiger charge is -2.06. The third-order valence-electron chi connectivity index (χ3n) is 3.27. The minimum absolute atomic E-state index is 0.133. The molecule has 1 aliphatic rings. The maximum Gasteiger partial charge on any atom is 0.407 e. The van der Waals surface area contributed by atoms with Gasteiger partial charge in [-0.2, -0.15) is 0 Å². The average molecular weight is 284 g/mol. The second-order valence-corrected chi connectivity index (χ2v) is 4.94. The number of alkyl carbamates (subject to hydrolysis) is 1. The van der Waals surface area contributed by atoms with Gasteiger partial charge in [0.1, 0.15) is 12.4 Å². The minimum atomic E-state index is -0.473. The van der Waals surface area contributed by atoms with Crippen LogP contribution in [0.4, 0.5) is 4.79 Å². The average Bonchev–Trinajstić information content (AvgIpc) is 3.38. The van der Waals surface area contributed by atoms with E-state index in [2.05, 4.69) is 20.3 Å². The smallest absolute Gasteiger partial charge is 0.407 e. The van der Waals surface area contributed by atoms with Gasteiger partial charge in [0.2, 0.25) is 0 Å². The highest BCUT2D eigenvalue weighted by atomic mass is 16.5. The molecule has 2 aromatic rings. The van der Waals surface area contributed by atoms with E-state index >= 15 is 0 Å². The Morgan fingerprint density at radius 1 is 1.33 bits per heavy atom. The highest BCUT2D eigenvalue weighted by molar-refractivity contribution is 5.66. The van der Waals surface area contributed by atoms with Crippen LogP contribution in [0, 0.1) is 0 Å². The second kappa shape index (κ2) is 5.87. The SMILES string of the molecule is CNC(=O)OCc1cccc(-c2cnc(C3CC3)nc2)n1. The van der Waals surface area contributed by atoms with E-state index in [0.717, 1.165) is 17.1 Å². The van der Waals surface area contributed by atoms with Crippen LogP contribution in [0.15, 0.2) is 30.6 Å². The van der Waals surface area contributed by atoms with Gasteiger partial charge in [-0.1, -0.05) is 6.07 Å². The maximum atomic E-state index is 11.1. The molecule has 3 rings (SSSR count). The molecule has 21 heavy (non-hydrogen) atoms. The summed E-state index contributed by atoms with van der Waals surface area (Å²) in [5, 5.41) is 2.40. The molecule has 6 nitrogen and oxygen atoms in total. The molecule has 2 aromatic heterocycles. The molecule has 0 spiro atoms. The van der Waals surface area contributed by atoms with Crippen LogP contribution < -0.4 is 5.32 Å². The third kappa shape index (κ3) is 3.34. The van der Waals surface area contributed by atoms with Crippen LogP contribution in [0.2, 0.25) is 0 Å². The predicted molar refractivity (Wildman–Crippen MR) is 76.5 cm³/mol. The zero-order chi connectivity index (χ0) is 14.7. The molecule has 0 saturated heterocycles. The van der Waals surface area contributed by atoms with Crippen molar-refractivity contribution in [2.45, 2.75) is 25.4 Å². The number of pyridine rings is 1. The monoisotopic (exact) mass is 284 g/mol. The van der Waals surface area contributed by atoms with E-state index in [1.807, 2.05) is 18.2 Å². The summed E-state index contributed by atoms with van der Waals surface area (Å²) in [6, 6.07) is 5.57. The van der Waals surface area contributed by atoms with Crippen LogP contribution >= 0.6 is 0 Å². The van der Waals surface area contributed by atoms with Gasteiger partial charge in [0.05, 0.1) is 11.4 Å². The zero-order valence-electron chi connectivity index (χ0n) is 11.7. The molecule has 0 aromatic carbocycles. The zero-order valence-corrected chi connectivity index (χ0v) is 11.7. The highest BCUT2D eigenvalue weighted by Crippen LogP contribution is 2.37. The van der Waals surface area contributed by atoms with Gasteiger partial charge in [0.25, 0.3) is 0 Å². The molecule has 2 heterocycles. The number of hydrogen-bond acceptors (Lipinski definition) is 5. The van der Waals surface area contributed by atoms with Crippen molar-refractivity contribution < 1.29 is 9.53 Å². The van der Waals surface area contributed by atoms with Crippen molar-refractivity contribution in [2.24, 2.45) is 0 Å². The molecule has 1 fully saturated rings. The molecule has 1 aliphatic carbocycles. The van der Waals surface area contributed by atoms with Crippen molar-refractivity contribution in [1.82, 2.24) is 20.3 Å². The third-order valence-corrected chi connectivity index (χ3v) is 3.27. The number of ether oxygens (including phenoxy) is 1. The van der Waals surface area contributed by atoms with Gasteiger partial charge in [0.15, 0.2) is 0 Å². The van der Waals surface area contributed by atoms with Crippen LogP contribution in [0.1, 0.15) is 30.3 Å². The molecule has 0 aliphatic heterocycles. The van der Waals surface area contributed by atoms with Crippen molar-refractivity contribution in [3.8, 4) is 11.3 Å². The van der Waals surface area contributed by atoms with Gasteiger partial charge in [-0.3, -0.25) is 0 Å². The molecule has 0 atom stereocenters. The van der Waals surface area contributed by atoms with Gasteiger partial charge in [-0.25, -0.2) is 19.7 Å². The normalized spacial score (nSPS) is 13.8. The standard InChI is InChI=1S/C15H16N4O2/c1-16-15(20)21-9-12-3-2-4-13(19-12)11-7-17-14(18-8-11)10-5-6-10/h2-4,7-8,10H,5-6,9H2,1H3,(H,16,20). The fourth-order valence-electron chi connectivity index (χ4n) is 1.96. The lowest BCUT2D eigenvalue weighted by atomic mass is 10.2. The van der Waals surface area contributed by atoms with E-state index < -0.39 is 6.09 Å². The summed E-state index contributed by atoms with van der Waals surface area (Å²) in [6.07, 6.45) is 5.49. The first kappa shape index (κ1) is 13.5. The summed E-state index contributed by atoms with van der Waals surface area (Å²) in [7, 11) is 1.52. The van der Waals surface area contributed by atoms with Gasteiger partial charge < -0.3 is 10.1 Å². The Bertz CT molecular complexity index is 638. The first-order chi connectivity index (χ1) is 10.3. The lowest BCUT2D eigenvalue weighted by molar-refractivity contribution is 0.140. The van der Waals surface area contributed by atoms with Gasteiger partial charge in [-0.05, 0) is 25.0 Å². The van der Waals surface area contributed by atoms with Crippen molar-refractivity contribution in [2.75, 3.05) is 7.05 Å². The Morgan fingerprint density at radius 3 is 2.76 bits per heavy atom. The molecule has 0 bridgehead atoms. The topological polar surface area (TPSA) is 77.0 Å². The van der Waals surface area contributed by atoms with Crippen LogP contribution in [-0.2, 0) is 11.3 Å². The van der Waals surface area contributed by atoms with Crippen molar-refractivity contribution in [1.29, 1.82) is 0 Å². The summed E-state index contributed by atoms with van der Waals surface area (Å²) in [4.78, 5) is 24.3. The first-order valence-electron chi connectivity index (χ1n) is 6.89. The number of carbonyl (C=O) groups excluding carboxylic acids is 1. The van der Waals surface area contributed by atoms with Crippen LogP contribution in [0.25, 0.3) is 11.3 Å². The molecule has 0 unspecified atom stereocenters. The lowest BCUT2D eigenvalue weighted by Crippen LogP contribution is -2.19. The van der Waals surface area contributed by atoms with E-state index in [1.165, 1.54) is 19.9 Å². The first-order valence-corrected chi connectivity index (χ1v) is 6.89. The Labute approximate surface area is 122 Å². The highest BCUT2D eigenvalue weighted by Gasteiger charge is 2.26. The number of hydrogen-bond donors (Lipinski definition) is 1. The summed E-state index contributed by atoms with van der Waals surface area (Å²) >= 11 is 0. The maximum absolute atomic E-state index is 11.1. The molecule has 6 heteroatoms. The van der Waals surface area contributed by atoms with E-state index in [9.17, 15) is 4.79 Å². The quantitative estimate of drug-likeness (QED) is 0.932. The fourth-order valence-corrected chi connectivity index (χ4v) is 1.96. The van der Waals surface area contributed by atoms with Crippen LogP contribution in [-0.4, -0.2) is 28.1 Å². The Balaban J connectivity index is 1.73. The molecule has 1 N–H and O–H groups in total. The second-order valence-electron chi connectivity index (χ2n) is 4.94. The largest absolute Gasteiger partial charge is 0.443 e. The number of nitrogens with one attached hydrogen (secondary N) is 1. The molecule has 1 saturated carbocycles. The minimum Gasteiger partial charge on any atom is -0.443 e. The number of rotatable bonds is 4. The van der Waals surface area contributed by atoms with Crippen LogP contribution in [0.3, 0.4) is 0 Å². The Morgan fingerprint density at radius 2 is 2.10 bits per heavy atom. The summed E-state index contributed by atoms with van der Waals surface area (Å²) in [5.74, 6) is 1.46. The van der Waals surface area contributed by atoms with E-state index in [-0.39, 0.29) is 6.61 Å². The number of carbonyl (C=O) groups is 1. The van der Waals surface area contributed by atoms with E-state index in [4.69, 9.17) is 4.74 Å². The van der Waals surface area contributed by atoms with Crippen molar-refractivity contribution >= 4 is 6.09 Å². The molecular weight excluding hydrogens is 268 g/mol. The molecule has 0 radical (unpaired) electrons. The predicted octanol–water partition coefficient (Wildman–Crippen LogP) is 2.27. The molecular formula is C15H16N4O2. The van der Waals surface area contributed by atoms with Gasteiger partial charge in [0, 0.05) is 30.9 Å². The van der Waals surface area contributed by atoms with Crippen molar-refractivity contribution in [3.05, 3.63) is 42.1 Å². The Hall–Kier alpha value is -2.50. The van der Waals surface area contributed by atoms with Crippen molar-refractivity contribution in [3.63, 3.8) is 0 Å². The van der Waals surface area contributed by atoms with E-state index in [1.54, 1.807) is 12.4 Å². The Kier molecular flexibility index (Phi) is 3.77. The number of nitrogens with zero attached hydrogens (tertiary/aromatic N) is 3. The van der Waals surface area contributed by atoms with Gasteiger partial charge >= 0.3 is 6.09 Å². The number of amides is 1. The summed E-state index contributed by atoms with van der Waals surface area (Å²) in [6.45, 7) is 0.133. The van der Waals surface area contributed by atoms with E-state index in [0.29, 0.717) is 11.6 Å². The fraction of sp³-hybridized carbons (Fsp3) is 0.333. The molecule has 108 valence electrons. The van der Waals surface area contributed by atoms with Crippen LogP contribution in [0.5, 0.6) is 0 Å².